The largest absolute Gasteiger partial charge is 0.365 e. The van der Waals surface area contributed by atoms with Crippen molar-refractivity contribution < 1.29 is 9.18 Å². The third-order valence-electron chi connectivity index (χ3n) is 1.08. The Kier molecular flexibility index (Phi) is 2.38. The van der Waals surface area contributed by atoms with Crippen LogP contribution in [-0.2, 0) is 0 Å². The molecule has 0 spiro atoms. The number of nitrogens with two attached hydrogens (primary N) is 1. The van der Waals surface area contributed by atoms with Crippen molar-refractivity contribution in [2.45, 2.75) is 0 Å². The topological polar surface area (TPSA) is 56.0 Å². The van der Waals surface area contributed by atoms with E-state index in [-0.39, 0.29) is 5.56 Å². The molecule has 0 unspecified atom stereocenters. The summed E-state index contributed by atoms with van der Waals surface area (Å²) in [7, 11) is 0. The standard InChI is InChI=1S/C6H4FIN2O/c7-5-3(6(9)11)1-2-4(8)10-5/h1-2H,(H2,9,11). The second-order valence-corrected chi connectivity index (χ2v) is 2.94. The van der Waals surface area contributed by atoms with Crippen molar-refractivity contribution >= 4 is 28.5 Å². The highest BCUT2D eigenvalue weighted by Crippen LogP contribution is 2.06. The number of carbonyl (C=O) groups excluding carboxylic acids is 1. The normalized spacial score (nSPS) is 9.64. The molecule has 1 rings (SSSR count). The summed E-state index contributed by atoms with van der Waals surface area (Å²) in [6, 6.07) is 2.83. The molecule has 58 valence electrons. The number of amides is 1. The number of aromatic nitrogens is 1. The molecule has 0 aromatic carbocycles. The lowest BCUT2D eigenvalue weighted by Crippen LogP contribution is -2.14. The molecule has 0 aliphatic rings. The highest BCUT2D eigenvalue weighted by Gasteiger charge is 2.08. The number of carbonyl (C=O) groups is 1. The van der Waals surface area contributed by atoms with Crippen LogP contribution in [0.2, 0.25) is 0 Å². The summed E-state index contributed by atoms with van der Waals surface area (Å²) in [5, 5.41) is 0. The monoisotopic (exact) mass is 266 g/mol. The van der Waals surface area contributed by atoms with Gasteiger partial charge in [-0.05, 0) is 34.7 Å². The molecule has 1 heterocycles. The van der Waals surface area contributed by atoms with Gasteiger partial charge in [-0.15, -0.1) is 0 Å². The van der Waals surface area contributed by atoms with Gasteiger partial charge in [-0.25, -0.2) is 4.98 Å². The van der Waals surface area contributed by atoms with Crippen LogP contribution in [0.3, 0.4) is 0 Å². The van der Waals surface area contributed by atoms with Crippen LogP contribution in [0.15, 0.2) is 12.1 Å². The number of pyridine rings is 1. The van der Waals surface area contributed by atoms with E-state index in [0.717, 1.165) is 0 Å². The highest BCUT2D eigenvalue weighted by atomic mass is 127. The van der Waals surface area contributed by atoms with Gasteiger partial charge in [0.1, 0.15) is 3.70 Å². The van der Waals surface area contributed by atoms with Gasteiger partial charge in [0.05, 0.1) is 5.56 Å². The Bertz CT molecular complexity index is 303. The van der Waals surface area contributed by atoms with Crippen LogP contribution in [0, 0.1) is 9.65 Å². The maximum atomic E-state index is 12.7. The average Bonchev–Trinajstić information content (AvgIpc) is 1.85. The van der Waals surface area contributed by atoms with Gasteiger partial charge in [0, 0.05) is 0 Å². The van der Waals surface area contributed by atoms with E-state index >= 15 is 0 Å². The van der Waals surface area contributed by atoms with E-state index in [9.17, 15) is 9.18 Å². The van der Waals surface area contributed by atoms with E-state index in [1.54, 1.807) is 0 Å². The molecule has 11 heavy (non-hydrogen) atoms. The quantitative estimate of drug-likeness (QED) is 0.607. The lowest BCUT2D eigenvalue weighted by Gasteiger charge is -1.95. The summed E-state index contributed by atoms with van der Waals surface area (Å²) >= 11 is 1.84. The third-order valence-corrected chi connectivity index (χ3v) is 1.68. The van der Waals surface area contributed by atoms with Crippen LogP contribution in [0.25, 0.3) is 0 Å². The Labute approximate surface area is 75.9 Å². The van der Waals surface area contributed by atoms with Crippen molar-refractivity contribution in [3.05, 3.63) is 27.3 Å². The smallest absolute Gasteiger partial charge is 0.253 e. The lowest BCUT2D eigenvalue weighted by molar-refractivity contribution is 0.0995. The Morgan fingerprint density at radius 3 is 2.73 bits per heavy atom. The van der Waals surface area contributed by atoms with Gasteiger partial charge >= 0.3 is 0 Å². The predicted octanol–water partition coefficient (Wildman–Crippen LogP) is 0.924. The van der Waals surface area contributed by atoms with Crippen molar-refractivity contribution in [2.24, 2.45) is 5.73 Å². The molecule has 0 radical (unpaired) electrons. The van der Waals surface area contributed by atoms with Crippen molar-refractivity contribution in [1.29, 1.82) is 0 Å². The van der Waals surface area contributed by atoms with E-state index in [1.807, 2.05) is 22.6 Å². The fourth-order valence-corrected chi connectivity index (χ4v) is 0.987. The summed E-state index contributed by atoms with van der Waals surface area (Å²) < 4.78 is 13.2. The van der Waals surface area contributed by atoms with E-state index in [0.29, 0.717) is 3.70 Å². The fraction of sp³-hybridized carbons (Fsp3) is 0. The minimum Gasteiger partial charge on any atom is -0.365 e. The first kappa shape index (κ1) is 8.38. The molecule has 2 N–H and O–H groups in total. The number of nitrogens with zero attached hydrogens (tertiary/aromatic N) is 1. The molecule has 0 bridgehead atoms. The van der Waals surface area contributed by atoms with Crippen LogP contribution in [0.1, 0.15) is 10.4 Å². The van der Waals surface area contributed by atoms with Crippen LogP contribution in [0.5, 0.6) is 0 Å². The van der Waals surface area contributed by atoms with Crippen LogP contribution in [0.4, 0.5) is 4.39 Å². The summed E-state index contributed by atoms with van der Waals surface area (Å²) in [5.41, 5.74) is 4.67. The molecule has 0 aliphatic heterocycles. The van der Waals surface area contributed by atoms with Crippen molar-refractivity contribution in [1.82, 2.24) is 4.98 Å². The second-order valence-electron chi connectivity index (χ2n) is 1.84. The van der Waals surface area contributed by atoms with Gasteiger partial charge in [0.2, 0.25) is 5.95 Å². The van der Waals surface area contributed by atoms with Crippen LogP contribution >= 0.6 is 22.6 Å². The maximum absolute atomic E-state index is 12.7. The molecule has 3 nitrogen and oxygen atoms in total. The van der Waals surface area contributed by atoms with Crippen molar-refractivity contribution in [3.8, 4) is 0 Å². The van der Waals surface area contributed by atoms with Crippen LogP contribution < -0.4 is 5.73 Å². The molecular formula is C6H4FIN2O. The summed E-state index contributed by atoms with van der Waals surface area (Å²) in [5.74, 6) is -1.61. The summed E-state index contributed by atoms with van der Waals surface area (Å²) in [6.07, 6.45) is 0. The van der Waals surface area contributed by atoms with Crippen molar-refractivity contribution in [3.63, 3.8) is 0 Å². The van der Waals surface area contributed by atoms with Gasteiger partial charge in [-0.1, -0.05) is 0 Å². The highest BCUT2D eigenvalue weighted by molar-refractivity contribution is 14.1. The predicted molar refractivity (Wildman–Crippen MR) is 45.4 cm³/mol. The number of primary amides is 1. The molecule has 1 amide bonds. The first-order chi connectivity index (χ1) is 5.11. The number of rotatable bonds is 1. The van der Waals surface area contributed by atoms with Gasteiger partial charge in [-0.3, -0.25) is 4.79 Å². The van der Waals surface area contributed by atoms with E-state index in [1.165, 1.54) is 12.1 Å². The fourth-order valence-electron chi connectivity index (χ4n) is 0.596. The molecule has 0 atom stereocenters. The first-order valence-corrected chi connectivity index (χ1v) is 3.81. The van der Waals surface area contributed by atoms with Gasteiger partial charge in [0.25, 0.3) is 5.91 Å². The maximum Gasteiger partial charge on any atom is 0.253 e. The summed E-state index contributed by atoms with van der Waals surface area (Å²) in [4.78, 5) is 13.9. The Balaban J connectivity index is 3.20. The van der Waals surface area contributed by atoms with Gasteiger partial charge in [0.15, 0.2) is 0 Å². The Hall–Kier alpha value is -0.720. The van der Waals surface area contributed by atoms with E-state index in [2.05, 4.69) is 4.98 Å². The Morgan fingerprint density at radius 2 is 2.27 bits per heavy atom. The van der Waals surface area contributed by atoms with Gasteiger partial charge in [-0.2, -0.15) is 4.39 Å². The second kappa shape index (κ2) is 3.12. The minimum absolute atomic E-state index is 0.176. The molecule has 0 aliphatic carbocycles. The average molecular weight is 266 g/mol. The number of halogens is 2. The molecule has 1 aromatic rings. The first-order valence-electron chi connectivity index (χ1n) is 2.73. The molecule has 0 saturated carbocycles. The number of hydrogen-bond acceptors (Lipinski definition) is 2. The van der Waals surface area contributed by atoms with E-state index < -0.39 is 11.9 Å². The van der Waals surface area contributed by atoms with Crippen LogP contribution in [-0.4, -0.2) is 10.9 Å². The molecule has 0 saturated heterocycles. The zero-order chi connectivity index (χ0) is 8.43. The Morgan fingerprint density at radius 1 is 1.64 bits per heavy atom. The zero-order valence-corrected chi connectivity index (χ0v) is 7.50. The SMILES string of the molecule is NC(=O)c1ccc(I)nc1F. The minimum atomic E-state index is -0.815. The molecule has 1 aromatic heterocycles. The van der Waals surface area contributed by atoms with E-state index in [4.69, 9.17) is 5.73 Å². The molecule has 5 heteroatoms. The van der Waals surface area contributed by atoms with Gasteiger partial charge < -0.3 is 5.73 Å². The number of hydrogen-bond donors (Lipinski definition) is 1. The lowest BCUT2D eigenvalue weighted by atomic mass is 10.3. The third kappa shape index (κ3) is 1.86. The van der Waals surface area contributed by atoms with Crippen molar-refractivity contribution in [2.75, 3.05) is 0 Å². The zero-order valence-electron chi connectivity index (χ0n) is 5.34. The molecular weight excluding hydrogens is 262 g/mol. The summed E-state index contributed by atoms with van der Waals surface area (Å²) in [6.45, 7) is 0. The molecule has 0 fully saturated rings.